The molecule has 1 atom stereocenters. The molecule has 0 radical (unpaired) electrons. The van der Waals surface area contributed by atoms with Gasteiger partial charge in [0.25, 0.3) is 5.91 Å². The maximum absolute atomic E-state index is 13.2. The minimum absolute atomic E-state index is 0.0154. The Morgan fingerprint density at radius 2 is 1.89 bits per heavy atom. The molecule has 1 aromatic carbocycles. The van der Waals surface area contributed by atoms with Gasteiger partial charge >= 0.3 is 5.97 Å². The molecule has 0 aliphatic carbocycles. The summed E-state index contributed by atoms with van der Waals surface area (Å²) in [7, 11) is -2.28. The van der Waals surface area contributed by atoms with Crippen molar-refractivity contribution in [2.75, 3.05) is 32.1 Å². The number of thiophene rings is 1. The molecule has 2 aromatic rings. The fraction of sp³-hybridized carbons (Fsp3) is 0.538. The van der Waals surface area contributed by atoms with Gasteiger partial charge in [-0.25, -0.2) is 13.2 Å². The highest BCUT2D eigenvalue weighted by Crippen LogP contribution is 2.38. The summed E-state index contributed by atoms with van der Waals surface area (Å²) >= 11 is 1.41. The Hall–Kier alpha value is -2.27. The van der Waals surface area contributed by atoms with Gasteiger partial charge in [0.15, 0.2) is 0 Å². The first-order valence-electron chi connectivity index (χ1n) is 12.7. The number of esters is 1. The average molecular weight is 534 g/mol. The summed E-state index contributed by atoms with van der Waals surface area (Å²) in [5, 5.41) is 3.36. The Balaban J connectivity index is 1.54. The van der Waals surface area contributed by atoms with Crippen molar-refractivity contribution >= 4 is 38.2 Å². The van der Waals surface area contributed by atoms with Gasteiger partial charge < -0.3 is 10.1 Å². The van der Waals surface area contributed by atoms with E-state index in [0.717, 1.165) is 68.6 Å². The van der Waals surface area contributed by atoms with Crippen molar-refractivity contribution in [3.63, 3.8) is 0 Å². The van der Waals surface area contributed by atoms with E-state index in [1.807, 2.05) is 6.92 Å². The molecule has 0 saturated carbocycles. The van der Waals surface area contributed by atoms with Crippen LogP contribution < -0.4 is 5.32 Å². The predicted octanol–water partition coefficient (Wildman–Crippen LogP) is 4.51. The number of anilines is 1. The molecule has 1 amide bonds. The van der Waals surface area contributed by atoms with Crippen molar-refractivity contribution in [1.29, 1.82) is 0 Å². The predicted molar refractivity (Wildman–Crippen MR) is 141 cm³/mol. The normalized spacial score (nSPS) is 19.0. The lowest BCUT2D eigenvalue weighted by Gasteiger charge is -2.34. The summed E-state index contributed by atoms with van der Waals surface area (Å²) in [4.78, 5) is 29.3. The van der Waals surface area contributed by atoms with Crippen molar-refractivity contribution in [2.45, 2.75) is 69.9 Å². The fourth-order valence-electron chi connectivity index (χ4n) is 5.16. The van der Waals surface area contributed by atoms with Gasteiger partial charge in [0.1, 0.15) is 5.00 Å². The van der Waals surface area contributed by atoms with Crippen LogP contribution in [0, 0.1) is 0 Å². The van der Waals surface area contributed by atoms with Gasteiger partial charge in [0.2, 0.25) is 10.0 Å². The van der Waals surface area contributed by atoms with Gasteiger partial charge in [0.05, 0.1) is 17.6 Å². The minimum atomic E-state index is -3.62. The second-order valence-corrected chi connectivity index (χ2v) is 12.4. The number of nitrogens with zero attached hydrogens (tertiary/aromatic N) is 2. The smallest absolute Gasteiger partial charge is 0.341 e. The van der Waals surface area contributed by atoms with Gasteiger partial charge in [-0.3, -0.25) is 9.69 Å². The van der Waals surface area contributed by atoms with E-state index >= 15 is 0 Å². The molecule has 1 fully saturated rings. The molecular formula is C26H35N3O5S2. The molecule has 1 unspecified atom stereocenters. The van der Waals surface area contributed by atoms with Gasteiger partial charge in [-0.15, -0.1) is 11.3 Å². The van der Waals surface area contributed by atoms with E-state index in [1.54, 1.807) is 4.31 Å². The van der Waals surface area contributed by atoms with Gasteiger partial charge in [-0.1, -0.05) is 20.3 Å². The Bertz CT molecular complexity index is 1210. The summed E-state index contributed by atoms with van der Waals surface area (Å²) in [6.07, 6.45) is 5.34. The molecular weight excluding hydrogens is 498 g/mol. The molecule has 196 valence electrons. The second kappa shape index (κ2) is 11.4. The Morgan fingerprint density at radius 3 is 2.56 bits per heavy atom. The number of nitrogens with one attached hydrogen (secondary N) is 1. The minimum Gasteiger partial charge on any atom is -0.465 e. The number of methoxy groups -OCH3 is 1. The molecule has 0 bridgehead atoms. The highest BCUT2D eigenvalue weighted by atomic mass is 32.2. The van der Waals surface area contributed by atoms with Crippen molar-refractivity contribution in [2.24, 2.45) is 0 Å². The Morgan fingerprint density at radius 1 is 1.14 bits per heavy atom. The van der Waals surface area contributed by atoms with Crippen molar-refractivity contribution in [3.8, 4) is 0 Å². The summed E-state index contributed by atoms with van der Waals surface area (Å²) in [5.41, 5.74) is 1.70. The summed E-state index contributed by atoms with van der Waals surface area (Å²) in [6.45, 7) is 7.27. The van der Waals surface area contributed by atoms with E-state index in [1.165, 1.54) is 42.7 Å². The van der Waals surface area contributed by atoms with Crippen molar-refractivity contribution < 1.29 is 22.7 Å². The van der Waals surface area contributed by atoms with E-state index in [2.05, 4.69) is 17.1 Å². The summed E-state index contributed by atoms with van der Waals surface area (Å²) < 4.78 is 33.1. The Kier molecular flexibility index (Phi) is 8.49. The number of benzene rings is 1. The van der Waals surface area contributed by atoms with Gasteiger partial charge in [-0.05, 0) is 68.5 Å². The van der Waals surface area contributed by atoms with Crippen molar-refractivity contribution in [1.82, 2.24) is 9.21 Å². The average Bonchev–Trinajstić information content (AvgIpc) is 3.25. The third kappa shape index (κ3) is 5.37. The largest absolute Gasteiger partial charge is 0.465 e. The van der Waals surface area contributed by atoms with Crippen LogP contribution in [0.5, 0.6) is 0 Å². The molecule has 3 heterocycles. The number of piperidine rings is 1. The highest BCUT2D eigenvalue weighted by Gasteiger charge is 2.33. The number of amides is 1. The van der Waals surface area contributed by atoms with Crippen LogP contribution in [-0.2, 0) is 27.7 Å². The first-order valence-corrected chi connectivity index (χ1v) is 14.9. The van der Waals surface area contributed by atoms with Gasteiger partial charge in [0, 0.05) is 36.1 Å². The van der Waals surface area contributed by atoms with Crippen LogP contribution >= 0.6 is 11.3 Å². The number of sulfonamides is 1. The zero-order chi connectivity index (χ0) is 25.9. The van der Waals surface area contributed by atoms with E-state index < -0.39 is 21.9 Å². The van der Waals surface area contributed by atoms with Crippen LogP contribution in [0.3, 0.4) is 0 Å². The van der Waals surface area contributed by atoms with Crippen LogP contribution in [0.15, 0.2) is 29.2 Å². The summed E-state index contributed by atoms with van der Waals surface area (Å²) in [6, 6.07) is 6.06. The quantitative estimate of drug-likeness (QED) is 0.502. The molecule has 1 saturated heterocycles. The molecule has 0 spiro atoms. The zero-order valence-electron chi connectivity index (χ0n) is 21.2. The molecule has 10 heteroatoms. The monoisotopic (exact) mass is 533 g/mol. The van der Waals surface area contributed by atoms with E-state index in [0.29, 0.717) is 22.7 Å². The third-order valence-electron chi connectivity index (χ3n) is 7.06. The number of fused-ring (bicyclic) bond motifs is 1. The van der Waals surface area contributed by atoms with E-state index in [4.69, 9.17) is 4.74 Å². The maximum atomic E-state index is 13.2. The molecule has 4 rings (SSSR count). The molecule has 2 aliphatic rings. The van der Waals surface area contributed by atoms with Gasteiger partial charge in [-0.2, -0.15) is 4.31 Å². The zero-order valence-corrected chi connectivity index (χ0v) is 22.8. The van der Waals surface area contributed by atoms with E-state index in [9.17, 15) is 18.0 Å². The third-order valence-corrected chi connectivity index (χ3v) is 10.2. The molecule has 1 aromatic heterocycles. The topological polar surface area (TPSA) is 96.0 Å². The molecule has 2 aliphatic heterocycles. The SMILES string of the molecule is CCCN1CCc2c(sc(NC(=O)c3ccc(S(=O)(=O)N4CCCCC4CC)cc3)c2C(=O)OC)C1. The fourth-order valence-corrected chi connectivity index (χ4v) is 8.20. The van der Waals surface area contributed by atoms with Crippen LogP contribution in [0.4, 0.5) is 5.00 Å². The first-order chi connectivity index (χ1) is 17.3. The maximum Gasteiger partial charge on any atom is 0.341 e. The number of hydrogen-bond acceptors (Lipinski definition) is 7. The summed E-state index contributed by atoms with van der Waals surface area (Å²) in [5.74, 6) is -0.849. The number of carbonyl (C=O) groups is 2. The standard InChI is InChI=1S/C26H35N3O5S2/c1-4-14-28-16-13-21-22(17-28)35-25(23(21)26(31)34-3)27-24(30)18-9-11-20(12-10-18)36(32,33)29-15-7-6-8-19(29)5-2/h9-12,19H,4-8,13-17H2,1-3H3,(H,27,30). The lowest BCUT2D eigenvalue weighted by Crippen LogP contribution is -2.43. The second-order valence-electron chi connectivity index (χ2n) is 9.38. The van der Waals surface area contributed by atoms with Crippen LogP contribution in [0.25, 0.3) is 0 Å². The first kappa shape index (κ1) is 26.8. The molecule has 8 nitrogen and oxygen atoms in total. The number of hydrogen-bond donors (Lipinski definition) is 1. The van der Waals surface area contributed by atoms with Crippen LogP contribution in [0.1, 0.15) is 77.1 Å². The lowest BCUT2D eigenvalue weighted by atomic mass is 10.0. The van der Waals surface area contributed by atoms with Crippen LogP contribution in [-0.4, -0.2) is 62.3 Å². The van der Waals surface area contributed by atoms with E-state index in [-0.39, 0.29) is 10.9 Å². The molecule has 1 N–H and O–H groups in total. The Labute approximate surface area is 217 Å². The van der Waals surface area contributed by atoms with Crippen LogP contribution in [0.2, 0.25) is 0 Å². The number of ether oxygens (including phenoxy) is 1. The number of carbonyl (C=O) groups excluding carboxylic acids is 2. The highest BCUT2D eigenvalue weighted by molar-refractivity contribution is 7.89. The number of rotatable bonds is 8. The molecule has 36 heavy (non-hydrogen) atoms. The van der Waals surface area contributed by atoms with Crippen molar-refractivity contribution in [3.05, 3.63) is 45.8 Å². The lowest BCUT2D eigenvalue weighted by molar-refractivity contribution is 0.0600.